The van der Waals surface area contributed by atoms with E-state index >= 15 is 0 Å². The number of hydrogen-bond donors (Lipinski definition) is 1. The lowest BCUT2D eigenvalue weighted by Crippen LogP contribution is -2.53. The fourth-order valence-corrected chi connectivity index (χ4v) is 6.21. The van der Waals surface area contributed by atoms with Gasteiger partial charge in [0, 0.05) is 22.6 Å². The largest absolute Gasteiger partial charge is 0.494 e. The minimum absolute atomic E-state index is 0.0743. The smallest absolute Gasteiger partial charge is 0.264 e. The van der Waals surface area contributed by atoms with Gasteiger partial charge in [0.1, 0.15) is 24.2 Å². The highest BCUT2D eigenvalue weighted by Crippen LogP contribution is 2.28. The lowest BCUT2D eigenvalue weighted by molar-refractivity contribution is -0.140. The van der Waals surface area contributed by atoms with Crippen LogP contribution >= 0.6 is 23.2 Å². The third-order valence-electron chi connectivity index (χ3n) is 6.86. The summed E-state index contributed by atoms with van der Waals surface area (Å²) in [5, 5.41) is 3.61. The summed E-state index contributed by atoms with van der Waals surface area (Å²) in [6.45, 7) is 7.00. The van der Waals surface area contributed by atoms with Gasteiger partial charge in [0.25, 0.3) is 10.0 Å². The number of carbonyl (C=O) groups is 2. The number of hydrogen-bond acceptors (Lipinski definition) is 5. The molecule has 0 unspecified atom stereocenters. The highest BCUT2D eigenvalue weighted by molar-refractivity contribution is 7.92. The summed E-state index contributed by atoms with van der Waals surface area (Å²) in [5.74, 6) is -1.12. The number of carbonyl (C=O) groups excluding carboxylic acids is 2. The van der Waals surface area contributed by atoms with Crippen LogP contribution in [0.2, 0.25) is 10.0 Å². The molecule has 0 aliphatic rings. The molecule has 3 aromatic carbocycles. The molecular formula is C31H36Cl2FN3O5S. The zero-order valence-electron chi connectivity index (χ0n) is 24.5. The molecule has 12 heteroatoms. The van der Waals surface area contributed by atoms with Crippen molar-refractivity contribution in [1.82, 2.24) is 10.2 Å². The number of nitrogens with zero attached hydrogens (tertiary/aromatic N) is 2. The topological polar surface area (TPSA) is 96.0 Å². The van der Waals surface area contributed by atoms with E-state index in [0.717, 1.165) is 16.4 Å². The van der Waals surface area contributed by atoms with Crippen LogP contribution in [0.1, 0.15) is 46.1 Å². The van der Waals surface area contributed by atoms with Crippen molar-refractivity contribution in [2.24, 2.45) is 0 Å². The SMILES string of the molecule is CCOc1ccc(S(=O)(=O)N(CC(=O)N(Cc2ccc(Cl)cc2Cl)[C@H](CC)C(=O)N[C@@H](C)CC)c2ccc(F)cc2)cc1. The monoisotopic (exact) mass is 651 g/mol. The van der Waals surface area contributed by atoms with Crippen LogP contribution in [0.15, 0.2) is 71.6 Å². The Morgan fingerprint density at radius 3 is 2.16 bits per heavy atom. The van der Waals surface area contributed by atoms with E-state index in [1.807, 2.05) is 20.8 Å². The van der Waals surface area contributed by atoms with Gasteiger partial charge in [-0.25, -0.2) is 12.8 Å². The molecule has 43 heavy (non-hydrogen) atoms. The molecule has 0 bridgehead atoms. The molecule has 232 valence electrons. The number of halogens is 3. The molecular weight excluding hydrogens is 616 g/mol. The Morgan fingerprint density at radius 2 is 1.60 bits per heavy atom. The Bertz CT molecular complexity index is 1500. The van der Waals surface area contributed by atoms with Crippen LogP contribution in [0.5, 0.6) is 5.75 Å². The molecule has 3 aromatic rings. The molecule has 0 aliphatic carbocycles. The Morgan fingerprint density at radius 1 is 0.953 bits per heavy atom. The van der Waals surface area contributed by atoms with Gasteiger partial charge in [-0.15, -0.1) is 0 Å². The number of sulfonamides is 1. The number of ether oxygens (including phenoxy) is 1. The molecule has 0 radical (unpaired) electrons. The van der Waals surface area contributed by atoms with Gasteiger partial charge in [0.15, 0.2) is 0 Å². The summed E-state index contributed by atoms with van der Waals surface area (Å²) < 4.78 is 48.1. The highest BCUT2D eigenvalue weighted by atomic mass is 35.5. The Kier molecular flexibility index (Phi) is 12.2. The molecule has 0 saturated carbocycles. The van der Waals surface area contributed by atoms with Gasteiger partial charge in [-0.2, -0.15) is 0 Å². The maximum absolute atomic E-state index is 14.1. The molecule has 2 atom stereocenters. The lowest BCUT2D eigenvalue weighted by Gasteiger charge is -2.34. The van der Waals surface area contributed by atoms with E-state index in [0.29, 0.717) is 34.4 Å². The maximum atomic E-state index is 14.1. The second-order valence-corrected chi connectivity index (χ2v) is 12.6. The van der Waals surface area contributed by atoms with Crippen molar-refractivity contribution in [3.05, 3.63) is 88.2 Å². The molecule has 0 heterocycles. The van der Waals surface area contributed by atoms with Gasteiger partial charge in [0.05, 0.1) is 17.2 Å². The fourth-order valence-electron chi connectivity index (χ4n) is 4.33. The van der Waals surface area contributed by atoms with E-state index in [-0.39, 0.29) is 35.5 Å². The standard InChI is InChI=1S/C31H36Cl2FN3O5S/c1-5-21(4)35-31(39)29(6-2)36(19-22-8-9-23(32)18-28(22)33)30(38)20-37(25-12-10-24(34)11-13-25)43(40,41)27-16-14-26(15-17-27)42-7-3/h8-18,21,29H,5-7,19-20H2,1-4H3,(H,35,39)/t21-,29+/m0/s1. The van der Waals surface area contributed by atoms with Gasteiger partial charge in [-0.1, -0.05) is 43.1 Å². The predicted octanol–water partition coefficient (Wildman–Crippen LogP) is 6.45. The van der Waals surface area contributed by atoms with E-state index in [1.165, 1.54) is 47.4 Å². The average molecular weight is 653 g/mol. The molecule has 0 aliphatic heterocycles. The van der Waals surface area contributed by atoms with Crippen molar-refractivity contribution < 1.29 is 27.1 Å². The summed E-state index contributed by atoms with van der Waals surface area (Å²) in [6.07, 6.45) is 0.930. The first-order valence-electron chi connectivity index (χ1n) is 14.0. The molecule has 2 amide bonds. The molecule has 0 fully saturated rings. The Hall–Kier alpha value is -3.34. The van der Waals surface area contributed by atoms with E-state index in [9.17, 15) is 22.4 Å². The second-order valence-electron chi connectivity index (χ2n) is 9.89. The van der Waals surface area contributed by atoms with Crippen molar-refractivity contribution in [1.29, 1.82) is 0 Å². The predicted molar refractivity (Wildman–Crippen MR) is 168 cm³/mol. The number of anilines is 1. The maximum Gasteiger partial charge on any atom is 0.264 e. The lowest BCUT2D eigenvalue weighted by atomic mass is 10.1. The van der Waals surface area contributed by atoms with Crippen LogP contribution in [0.25, 0.3) is 0 Å². The third-order valence-corrected chi connectivity index (χ3v) is 9.23. The molecule has 0 saturated heterocycles. The molecule has 3 rings (SSSR count). The van der Waals surface area contributed by atoms with Gasteiger partial charge < -0.3 is 15.0 Å². The van der Waals surface area contributed by atoms with E-state index < -0.39 is 34.3 Å². The molecule has 0 aromatic heterocycles. The Labute approximate surface area is 262 Å². The zero-order chi connectivity index (χ0) is 31.7. The molecule has 8 nitrogen and oxygen atoms in total. The molecule has 1 N–H and O–H groups in total. The fraction of sp³-hybridized carbons (Fsp3) is 0.355. The van der Waals surface area contributed by atoms with Crippen LogP contribution in [-0.4, -0.2) is 50.4 Å². The van der Waals surface area contributed by atoms with Crippen LogP contribution in [0.4, 0.5) is 10.1 Å². The van der Waals surface area contributed by atoms with Gasteiger partial charge in [-0.05, 0) is 92.9 Å². The number of amides is 2. The normalized spacial score (nSPS) is 12.7. The van der Waals surface area contributed by atoms with E-state index in [4.69, 9.17) is 27.9 Å². The van der Waals surface area contributed by atoms with Gasteiger partial charge in [0.2, 0.25) is 11.8 Å². The summed E-state index contributed by atoms with van der Waals surface area (Å²) in [7, 11) is -4.33. The summed E-state index contributed by atoms with van der Waals surface area (Å²) in [5.41, 5.74) is 0.599. The second kappa shape index (κ2) is 15.4. The van der Waals surface area contributed by atoms with Gasteiger partial charge in [-0.3, -0.25) is 13.9 Å². The van der Waals surface area contributed by atoms with Crippen LogP contribution in [0, 0.1) is 5.82 Å². The van der Waals surface area contributed by atoms with E-state index in [2.05, 4.69) is 5.32 Å². The first-order chi connectivity index (χ1) is 20.4. The minimum atomic E-state index is -4.33. The van der Waals surface area contributed by atoms with Crippen molar-refractivity contribution in [3.8, 4) is 5.75 Å². The average Bonchev–Trinajstić information content (AvgIpc) is 2.97. The van der Waals surface area contributed by atoms with E-state index in [1.54, 1.807) is 19.1 Å². The summed E-state index contributed by atoms with van der Waals surface area (Å²) in [4.78, 5) is 28.7. The minimum Gasteiger partial charge on any atom is -0.494 e. The van der Waals surface area contributed by atoms with Crippen molar-refractivity contribution in [3.63, 3.8) is 0 Å². The summed E-state index contributed by atoms with van der Waals surface area (Å²) >= 11 is 12.5. The van der Waals surface area contributed by atoms with Crippen LogP contribution < -0.4 is 14.4 Å². The highest BCUT2D eigenvalue weighted by Gasteiger charge is 2.34. The number of rotatable bonds is 14. The quantitative estimate of drug-likeness (QED) is 0.216. The number of nitrogens with one attached hydrogen (secondary N) is 1. The van der Waals surface area contributed by atoms with Crippen LogP contribution in [-0.2, 0) is 26.2 Å². The van der Waals surface area contributed by atoms with Gasteiger partial charge >= 0.3 is 0 Å². The first kappa shape index (κ1) is 34.2. The van der Waals surface area contributed by atoms with Crippen molar-refractivity contribution >= 4 is 50.7 Å². The van der Waals surface area contributed by atoms with Crippen molar-refractivity contribution in [2.75, 3.05) is 17.5 Å². The Balaban J connectivity index is 2.07. The van der Waals surface area contributed by atoms with Crippen LogP contribution in [0.3, 0.4) is 0 Å². The molecule has 0 spiro atoms. The zero-order valence-corrected chi connectivity index (χ0v) is 26.8. The number of benzene rings is 3. The van der Waals surface area contributed by atoms with Crippen molar-refractivity contribution in [2.45, 2.75) is 64.1 Å². The summed E-state index contributed by atoms with van der Waals surface area (Å²) in [6, 6.07) is 14.3. The first-order valence-corrected chi connectivity index (χ1v) is 16.2. The third kappa shape index (κ3) is 8.84.